The Bertz CT molecular complexity index is 1140. The fourth-order valence-electron chi connectivity index (χ4n) is 2.56. The molecule has 5 nitrogen and oxygen atoms in total. The highest BCUT2D eigenvalue weighted by Crippen LogP contribution is 2.30. The van der Waals surface area contributed by atoms with E-state index in [2.05, 4.69) is 5.32 Å². The molecule has 0 aliphatic carbocycles. The van der Waals surface area contributed by atoms with Crippen LogP contribution in [-0.2, 0) is 10.0 Å². The number of sulfonamides is 1. The van der Waals surface area contributed by atoms with E-state index in [0.717, 1.165) is 15.1 Å². The summed E-state index contributed by atoms with van der Waals surface area (Å²) in [5.74, 6) is -0.526. The summed E-state index contributed by atoms with van der Waals surface area (Å²) in [7, 11) is -1.05. The minimum absolute atomic E-state index is 0.0228. The van der Waals surface area contributed by atoms with E-state index >= 15 is 0 Å². The van der Waals surface area contributed by atoms with E-state index in [1.54, 1.807) is 6.07 Å². The Kier molecular flexibility index (Phi) is 5.44. The van der Waals surface area contributed by atoms with Gasteiger partial charge in [-0.05, 0) is 35.0 Å². The molecule has 0 spiro atoms. The van der Waals surface area contributed by atoms with Gasteiger partial charge in [-0.25, -0.2) is 12.7 Å². The standard InChI is InChI=1S/C19H16Cl2N2O3S/c1-23(2)27(25,26)18-10-15(16(20)11-17(18)21)19(24)22-14-8-7-12-5-3-4-6-13(12)9-14/h3-11H,1-2H3,(H,22,24). The molecule has 0 saturated heterocycles. The third-order valence-electron chi connectivity index (χ3n) is 4.03. The van der Waals surface area contributed by atoms with Gasteiger partial charge in [0.2, 0.25) is 10.0 Å². The molecule has 0 bridgehead atoms. The summed E-state index contributed by atoms with van der Waals surface area (Å²) in [5.41, 5.74) is 0.594. The molecule has 1 N–H and O–H groups in total. The molecule has 3 aromatic carbocycles. The van der Waals surface area contributed by atoms with E-state index < -0.39 is 15.9 Å². The van der Waals surface area contributed by atoms with Crippen LogP contribution < -0.4 is 5.32 Å². The van der Waals surface area contributed by atoms with Gasteiger partial charge in [-0.1, -0.05) is 53.5 Å². The number of fused-ring (bicyclic) bond motifs is 1. The average molecular weight is 423 g/mol. The lowest BCUT2D eigenvalue weighted by Crippen LogP contribution is -2.23. The first-order valence-corrected chi connectivity index (χ1v) is 10.1. The zero-order valence-electron chi connectivity index (χ0n) is 14.5. The van der Waals surface area contributed by atoms with Crippen LogP contribution in [0.3, 0.4) is 0 Å². The van der Waals surface area contributed by atoms with Crippen LogP contribution in [0.15, 0.2) is 59.5 Å². The minimum atomic E-state index is -3.82. The van der Waals surface area contributed by atoms with Crippen LogP contribution in [0.4, 0.5) is 5.69 Å². The molecule has 0 aromatic heterocycles. The van der Waals surface area contributed by atoms with Crippen molar-refractivity contribution in [2.75, 3.05) is 19.4 Å². The molecule has 27 heavy (non-hydrogen) atoms. The topological polar surface area (TPSA) is 66.5 Å². The number of rotatable bonds is 4. The van der Waals surface area contributed by atoms with Gasteiger partial charge in [0.1, 0.15) is 4.90 Å². The number of halogens is 2. The molecule has 140 valence electrons. The number of nitrogens with one attached hydrogen (secondary N) is 1. The van der Waals surface area contributed by atoms with Crippen molar-refractivity contribution in [2.24, 2.45) is 0 Å². The van der Waals surface area contributed by atoms with Crippen molar-refractivity contribution in [3.05, 3.63) is 70.2 Å². The molecule has 0 radical (unpaired) electrons. The normalized spacial score (nSPS) is 11.7. The summed E-state index contributed by atoms with van der Waals surface area (Å²) in [4.78, 5) is 12.5. The van der Waals surface area contributed by atoms with Crippen LogP contribution in [0.2, 0.25) is 10.0 Å². The Morgan fingerprint density at radius 3 is 2.26 bits per heavy atom. The number of benzene rings is 3. The van der Waals surface area contributed by atoms with Crippen LogP contribution in [-0.4, -0.2) is 32.7 Å². The van der Waals surface area contributed by atoms with Gasteiger partial charge in [0, 0.05) is 19.8 Å². The molecule has 3 aromatic rings. The smallest absolute Gasteiger partial charge is 0.257 e. The maximum absolute atomic E-state index is 12.7. The molecular weight excluding hydrogens is 407 g/mol. The number of hydrogen-bond acceptors (Lipinski definition) is 3. The summed E-state index contributed by atoms with van der Waals surface area (Å²) < 4.78 is 25.8. The van der Waals surface area contributed by atoms with Gasteiger partial charge >= 0.3 is 0 Å². The van der Waals surface area contributed by atoms with Crippen molar-refractivity contribution in [3.63, 3.8) is 0 Å². The zero-order valence-corrected chi connectivity index (χ0v) is 16.9. The van der Waals surface area contributed by atoms with Gasteiger partial charge in [-0.15, -0.1) is 0 Å². The monoisotopic (exact) mass is 422 g/mol. The van der Waals surface area contributed by atoms with Gasteiger partial charge < -0.3 is 5.32 Å². The van der Waals surface area contributed by atoms with Gasteiger partial charge in [0.05, 0.1) is 15.6 Å². The number of amides is 1. The molecule has 8 heteroatoms. The lowest BCUT2D eigenvalue weighted by molar-refractivity contribution is 0.102. The molecule has 0 fully saturated rings. The highest BCUT2D eigenvalue weighted by atomic mass is 35.5. The minimum Gasteiger partial charge on any atom is -0.322 e. The van der Waals surface area contributed by atoms with Crippen LogP contribution in [0.5, 0.6) is 0 Å². The fourth-order valence-corrected chi connectivity index (χ4v) is 4.29. The van der Waals surface area contributed by atoms with Crippen molar-refractivity contribution in [2.45, 2.75) is 4.90 Å². The quantitative estimate of drug-likeness (QED) is 0.665. The first kappa shape index (κ1) is 19.6. The molecule has 3 rings (SSSR count). The van der Waals surface area contributed by atoms with Crippen molar-refractivity contribution in [1.29, 1.82) is 0 Å². The van der Waals surface area contributed by atoms with Gasteiger partial charge in [0.15, 0.2) is 0 Å². The summed E-state index contributed by atoms with van der Waals surface area (Å²) in [6.07, 6.45) is 0. The number of hydrogen-bond donors (Lipinski definition) is 1. The third-order valence-corrected chi connectivity index (χ3v) is 6.62. The number of carbonyl (C=O) groups is 1. The Morgan fingerprint density at radius 2 is 1.59 bits per heavy atom. The molecular formula is C19H16Cl2N2O3S. The second-order valence-electron chi connectivity index (χ2n) is 6.07. The van der Waals surface area contributed by atoms with E-state index in [1.165, 1.54) is 26.2 Å². The van der Waals surface area contributed by atoms with Crippen LogP contribution in [0.25, 0.3) is 10.8 Å². The Labute approximate surface area is 167 Å². The fraction of sp³-hybridized carbons (Fsp3) is 0.105. The SMILES string of the molecule is CN(C)S(=O)(=O)c1cc(C(=O)Nc2ccc3ccccc3c2)c(Cl)cc1Cl. The Morgan fingerprint density at radius 1 is 0.926 bits per heavy atom. The molecule has 0 unspecified atom stereocenters. The van der Waals surface area contributed by atoms with Crippen molar-refractivity contribution < 1.29 is 13.2 Å². The van der Waals surface area contributed by atoms with Gasteiger partial charge in [-0.3, -0.25) is 4.79 Å². The second kappa shape index (κ2) is 7.48. The summed E-state index contributed by atoms with van der Waals surface area (Å²) in [6, 6.07) is 15.7. The molecule has 0 heterocycles. The van der Waals surface area contributed by atoms with E-state index in [1.807, 2.05) is 36.4 Å². The summed E-state index contributed by atoms with van der Waals surface area (Å²) in [6.45, 7) is 0. The van der Waals surface area contributed by atoms with Gasteiger partial charge in [-0.2, -0.15) is 0 Å². The van der Waals surface area contributed by atoms with Crippen molar-refractivity contribution in [3.8, 4) is 0 Å². The average Bonchev–Trinajstić information content (AvgIpc) is 2.61. The maximum Gasteiger partial charge on any atom is 0.257 e. The number of carbonyl (C=O) groups excluding carboxylic acids is 1. The number of anilines is 1. The molecule has 0 saturated carbocycles. The number of nitrogens with zero attached hydrogens (tertiary/aromatic N) is 1. The lowest BCUT2D eigenvalue weighted by Gasteiger charge is -2.15. The largest absolute Gasteiger partial charge is 0.322 e. The van der Waals surface area contributed by atoms with Crippen molar-refractivity contribution in [1.82, 2.24) is 4.31 Å². The summed E-state index contributed by atoms with van der Waals surface area (Å²) >= 11 is 12.2. The lowest BCUT2D eigenvalue weighted by atomic mass is 10.1. The second-order valence-corrected chi connectivity index (χ2v) is 9.00. The highest BCUT2D eigenvalue weighted by molar-refractivity contribution is 7.89. The Balaban J connectivity index is 1.98. The zero-order chi connectivity index (χ0) is 19.8. The molecule has 1 amide bonds. The van der Waals surface area contributed by atoms with Crippen LogP contribution in [0.1, 0.15) is 10.4 Å². The van der Waals surface area contributed by atoms with E-state index in [4.69, 9.17) is 23.2 Å². The molecule has 0 atom stereocenters. The first-order valence-electron chi connectivity index (χ1n) is 7.92. The van der Waals surface area contributed by atoms with E-state index in [9.17, 15) is 13.2 Å². The summed E-state index contributed by atoms with van der Waals surface area (Å²) in [5, 5.41) is 4.77. The maximum atomic E-state index is 12.7. The third kappa shape index (κ3) is 3.94. The predicted molar refractivity (Wildman–Crippen MR) is 109 cm³/mol. The van der Waals surface area contributed by atoms with E-state index in [-0.39, 0.29) is 20.5 Å². The van der Waals surface area contributed by atoms with Crippen LogP contribution in [0, 0.1) is 0 Å². The molecule has 0 aliphatic rings. The first-order chi connectivity index (χ1) is 12.7. The van der Waals surface area contributed by atoms with Crippen LogP contribution >= 0.6 is 23.2 Å². The van der Waals surface area contributed by atoms with E-state index in [0.29, 0.717) is 5.69 Å². The highest BCUT2D eigenvalue weighted by Gasteiger charge is 2.24. The van der Waals surface area contributed by atoms with Crippen molar-refractivity contribution >= 4 is 55.6 Å². The predicted octanol–water partition coefficient (Wildman–Crippen LogP) is 4.65. The Hall–Kier alpha value is -2.12. The van der Waals surface area contributed by atoms with Gasteiger partial charge in [0.25, 0.3) is 5.91 Å². The molecule has 0 aliphatic heterocycles.